The van der Waals surface area contributed by atoms with Crippen LogP contribution in [0.2, 0.25) is 0 Å². The van der Waals surface area contributed by atoms with Crippen LogP contribution in [0.3, 0.4) is 0 Å². The van der Waals surface area contributed by atoms with E-state index in [2.05, 4.69) is 0 Å². The normalized spacial score (nSPS) is 25.9. The van der Waals surface area contributed by atoms with E-state index >= 15 is 0 Å². The Balaban J connectivity index is 1.61. The molecule has 0 unspecified atom stereocenters. The van der Waals surface area contributed by atoms with Gasteiger partial charge in [0.2, 0.25) is 0 Å². The van der Waals surface area contributed by atoms with Crippen molar-refractivity contribution in [1.82, 2.24) is 0 Å². The van der Waals surface area contributed by atoms with Crippen molar-refractivity contribution in [3.05, 3.63) is 108 Å². The summed E-state index contributed by atoms with van der Waals surface area (Å²) in [5, 5.41) is 31.6. The van der Waals surface area contributed by atoms with E-state index in [1.807, 2.05) is 91.0 Å². The number of aliphatic hydroxyl groups is 2. The van der Waals surface area contributed by atoms with Crippen LogP contribution in [-0.2, 0) is 38.8 Å². The first-order chi connectivity index (χ1) is 17.5. The Kier molecular flexibility index (Phi) is 9.22. The van der Waals surface area contributed by atoms with E-state index in [1.165, 1.54) is 0 Å². The monoisotopic (exact) mass is 492 g/mol. The predicted molar refractivity (Wildman–Crippen MR) is 133 cm³/mol. The molecule has 0 radical (unpaired) electrons. The molecule has 190 valence electrons. The van der Waals surface area contributed by atoms with Gasteiger partial charge in [0.1, 0.15) is 18.3 Å². The van der Waals surface area contributed by atoms with E-state index in [1.54, 1.807) is 0 Å². The van der Waals surface area contributed by atoms with Gasteiger partial charge in [0, 0.05) is 5.92 Å². The van der Waals surface area contributed by atoms with E-state index in [9.17, 15) is 20.1 Å². The lowest BCUT2D eigenvalue weighted by molar-refractivity contribution is -0.250. The summed E-state index contributed by atoms with van der Waals surface area (Å²) < 4.78 is 18.7. The van der Waals surface area contributed by atoms with E-state index in [4.69, 9.17) is 14.2 Å². The number of hydrogen-bond acceptors (Lipinski definition) is 6. The third-order valence-electron chi connectivity index (χ3n) is 6.46. The Morgan fingerprint density at radius 1 is 0.583 bits per heavy atom. The molecule has 0 amide bonds. The Labute approximate surface area is 210 Å². The highest BCUT2D eigenvalue weighted by atomic mass is 16.6. The van der Waals surface area contributed by atoms with Crippen molar-refractivity contribution >= 4 is 5.97 Å². The van der Waals surface area contributed by atoms with Crippen molar-refractivity contribution in [2.75, 3.05) is 0 Å². The summed E-state index contributed by atoms with van der Waals surface area (Å²) in [5.41, 5.74) is 2.71. The molecule has 7 heteroatoms. The minimum atomic E-state index is -1.36. The van der Waals surface area contributed by atoms with Crippen molar-refractivity contribution in [1.29, 1.82) is 0 Å². The van der Waals surface area contributed by atoms with Gasteiger partial charge in [0.25, 0.3) is 0 Å². The van der Waals surface area contributed by atoms with E-state index in [0.29, 0.717) is 0 Å². The molecule has 36 heavy (non-hydrogen) atoms. The standard InChI is InChI=1S/C29H32O7/c30-24(31)16-23-25(32)26(33)28(35-18-21-12-6-2-7-13-21)29(36-19-22-14-8-3-9-15-22)27(23)34-17-20-10-4-1-5-11-20/h1-15,23,25-29,32-33H,16-19H2,(H,30,31)/t23-,25+,26-,27+,28-,29-/m0/s1. The zero-order valence-electron chi connectivity index (χ0n) is 19.9. The molecular formula is C29H32O7. The Bertz CT molecular complexity index is 1060. The number of rotatable bonds is 11. The van der Waals surface area contributed by atoms with Gasteiger partial charge in [-0.15, -0.1) is 0 Å². The van der Waals surface area contributed by atoms with Crippen LogP contribution in [-0.4, -0.2) is 51.8 Å². The lowest BCUT2D eigenvalue weighted by Gasteiger charge is -2.47. The molecule has 4 rings (SSSR count). The summed E-state index contributed by atoms with van der Waals surface area (Å²) in [6.45, 7) is 0.598. The number of ether oxygens (including phenoxy) is 3. The number of carbonyl (C=O) groups is 1. The van der Waals surface area contributed by atoms with Crippen LogP contribution in [0, 0.1) is 5.92 Å². The van der Waals surface area contributed by atoms with Gasteiger partial charge >= 0.3 is 5.97 Å². The summed E-state index contributed by atoms with van der Waals surface area (Å²) in [6.07, 6.45) is -5.68. The topological polar surface area (TPSA) is 105 Å². The van der Waals surface area contributed by atoms with Crippen LogP contribution in [0.25, 0.3) is 0 Å². The van der Waals surface area contributed by atoms with Crippen molar-refractivity contribution in [3.63, 3.8) is 0 Å². The molecule has 3 aromatic rings. The molecular weight excluding hydrogens is 460 g/mol. The molecule has 1 aliphatic carbocycles. The van der Waals surface area contributed by atoms with Crippen LogP contribution < -0.4 is 0 Å². The second kappa shape index (κ2) is 12.8. The molecule has 1 saturated carbocycles. The average molecular weight is 493 g/mol. The molecule has 3 aromatic carbocycles. The van der Waals surface area contributed by atoms with E-state index < -0.39 is 42.4 Å². The molecule has 1 fully saturated rings. The maximum absolute atomic E-state index is 11.7. The molecule has 1 aliphatic rings. The molecule has 6 atom stereocenters. The molecule has 0 bridgehead atoms. The summed E-state index contributed by atoms with van der Waals surface area (Å²) in [4.78, 5) is 11.7. The van der Waals surface area contributed by atoms with Crippen LogP contribution in [0.4, 0.5) is 0 Å². The maximum atomic E-state index is 11.7. The summed E-state index contributed by atoms with van der Waals surface area (Å²) in [6, 6.07) is 28.5. The summed E-state index contributed by atoms with van der Waals surface area (Å²) >= 11 is 0. The van der Waals surface area contributed by atoms with Crippen LogP contribution in [0.1, 0.15) is 23.1 Å². The molecule has 0 aromatic heterocycles. The zero-order chi connectivity index (χ0) is 25.3. The summed E-state index contributed by atoms with van der Waals surface area (Å²) in [5.74, 6) is -1.98. The average Bonchev–Trinajstić information content (AvgIpc) is 2.91. The highest BCUT2D eigenvalue weighted by Gasteiger charge is 2.52. The fourth-order valence-electron chi connectivity index (χ4n) is 4.61. The first kappa shape index (κ1) is 26.0. The Hall–Kier alpha value is -3.07. The van der Waals surface area contributed by atoms with Gasteiger partial charge < -0.3 is 29.5 Å². The predicted octanol–water partition coefficient (Wildman–Crippen LogP) is 3.57. The Morgan fingerprint density at radius 3 is 1.39 bits per heavy atom. The minimum absolute atomic E-state index is 0.190. The zero-order valence-corrected chi connectivity index (χ0v) is 19.9. The molecule has 3 N–H and O–H groups in total. The number of carboxylic acids is 1. The fraction of sp³-hybridized carbons (Fsp3) is 0.345. The number of benzene rings is 3. The second-order valence-electron chi connectivity index (χ2n) is 9.03. The number of aliphatic hydroxyl groups excluding tert-OH is 2. The largest absolute Gasteiger partial charge is 0.481 e. The van der Waals surface area contributed by atoms with Crippen LogP contribution >= 0.6 is 0 Å². The van der Waals surface area contributed by atoms with Gasteiger partial charge in [-0.05, 0) is 16.7 Å². The van der Waals surface area contributed by atoms with Gasteiger partial charge in [-0.2, -0.15) is 0 Å². The first-order valence-electron chi connectivity index (χ1n) is 12.1. The van der Waals surface area contributed by atoms with Gasteiger partial charge in [-0.1, -0.05) is 91.0 Å². The highest BCUT2D eigenvalue weighted by molar-refractivity contribution is 5.67. The molecule has 0 spiro atoms. The van der Waals surface area contributed by atoms with Crippen LogP contribution in [0.15, 0.2) is 91.0 Å². The van der Waals surface area contributed by atoms with Crippen LogP contribution in [0.5, 0.6) is 0 Å². The first-order valence-corrected chi connectivity index (χ1v) is 12.1. The van der Waals surface area contributed by atoms with Crippen molar-refractivity contribution in [3.8, 4) is 0 Å². The second-order valence-corrected chi connectivity index (χ2v) is 9.03. The van der Waals surface area contributed by atoms with Crippen molar-refractivity contribution in [2.24, 2.45) is 5.92 Å². The van der Waals surface area contributed by atoms with Gasteiger partial charge in [-0.3, -0.25) is 4.79 Å². The molecule has 0 heterocycles. The van der Waals surface area contributed by atoms with Crippen molar-refractivity contribution < 1.29 is 34.3 Å². The fourth-order valence-corrected chi connectivity index (χ4v) is 4.61. The lowest BCUT2D eigenvalue weighted by atomic mass is 9.76. The van der Waals surface area contributed by atoms with E-state index in [-0.39, 0.29) is 26.2 Å². The van der Waals surface area contributed by atoms with Crippen molar-refractivity contribution in [2.45, 2.75) is 56.8 Å². The molecule has 7 nitrogen and oxygen atoms in total. The lowest BCUT2D eigenvalue weighted by Crippen LogP contribution is -2.63. The Morgan fingerprint density at radius 2 is 0.972 bits per heavy atom. The smallest absolute Gasteiger partial charge is 0.303 e. The number of hydrogen-bond donors (Lipinski definition) is 3. The third kappa shape index (κ3) is 6.78. The van der Waals surface area contributed by atoms with Gasteiger partial charge in [0.05, 0.1) is 38.4 Å². The van der Waals surface area contributed by atoms with Gasteiger partial charge in [0.15, 0.2) is 0 Å². The number of carboxylic acid groups (broad SMARTS) is 1. The minimum Gasteiger partial charge on any atom is -0.481 e. The SMILES string of the molecule is O=C(O)C[C@H]1[C@@H](O)[C@H](O)[C@H](OCc2ccccc2)[C@@H](OCc2ccccc2)[C@@H]1OCc1ccccc1. The molecule has 0 saturated heterocycles. The maximum Gasteiger partial charge on any atom is 0.303 e. The third-order valence-corrected chi connectivity index (χ3v) is 6.46. The number of aliphatic carboxylic acids is 1. The quantitative estimate of drug-likeness (QED) is 0.376. The van der Waals surface area contributed by atoms with E-state index in [0.717, 1.165) is 16.7 Å². The molecule has 0 aliphatic heterocycles. The highest BCUT2D eigenvalue weighted by Crippen LogP contribution is 2.36. The van der Waals surface area contributed by atoms with Gasteiger partial charge in [-0.25, -0.2) is 0 Å². The summed E-state index contributed by atoms with van der Waals surface area (Å²) in [7, 11) is 0.